The summed E-state index contributed by atoms with van der Waals surface area (Å²) >= 11 is 11.5. The molecule has 30 heavy (non-hydrogen) atoms. The summed E-state index contributed by atoms with van der Waals surface area (Å²) in [7, 11) is 0. The third-order valence-electron chi connectivity index (χ3n) is 4.39. The van der Waals surface area contributed by atoms with E-state index in [9.17, 15) is 14.9 Å². The molecular formula is C20H13ClN4O3S2. The Labute approximate surface area is 185 Å². The Hall–Kier alpha value is -3.01. The van der Waals surface area contributed by atoms with Crippen molar-refractivity contribution in [1.82, 2.24) is 4.57 Å². The number of hydrogen-bond acceptors (Lipinski definition) is 7. The van der Waals surface area contributed by atoms with E-state index in [2.05, 4.69) is 22.8 Å². The van der Waals surface area contributed by atoms with Gasteiger partial charge < -0.3 is 0 Å². The maximum Gasteiger partial charge on any atom is 0.308 e. The van der Waals surface area contributed by atoms with Crippen molar-refractivity contribution in [2.75, 3.05) is 0 Å². The molecule has 1 aliphatic rings. The van der Waals surface area contributed by atoms with Crippen molar-refractivity contribution in [2.24, 2.45) is 10.2 Å². The molecule has 150 valence electrons. The maximum absolute atomic E-state index is 12.5. The quantitative estimate of drug-likeness (QED) is 0.343. The number of allylic oxidation sites excluding steroid dienone is 1. The van der Waals surface area contributed by atoms with E-state index in [0.717, 1.165) is 16.9 Å². The highest BCUT2D eigenvalue weighted by molar-refractivity contribution is 7.80. The predicted octanol–water partition coefficient (Wildman–Crippen LogP) is 4.68. The number of benzene rings is 2. The van der Waals surface area contributed by atoms with Crippen LogP contribution in [0.25, 0.3) is 6.08 Å². The summed E-state index contributed by atoms with van der Waals surface area (Å²) in [5.41, 5.74) is 2.61. The zero-order valence-corrected chi connectivity index (χ0v) is 17.7. The zero-order valence-electron chi connectivity index (χ0n) is 15.2. The first-order valence-electron chi connectivity index (χ1n) is 8.67. The molecule has 0 bridgehead atoms. The third kappa shape index (κ3) is 4.13. The number of thiazole rings is 1. The van der Waals surface area contributed by atoms with Gasteiger partial charge in [0.2, 0.25) is 0 Å². The summed E-state index contributed by atoms with van der Waals surface area (Å²) < 4.78 is 1.57. The van der Waals surface area contributed by atoms with E-state index < -0.39 is 4.92 Å². The smallest absolute Gasteiger partial charge is 0.289 e. The number of nitro benzene ring substituents is 1. The first kappa shape index (κ1) is 20.3. The van der Waals surface area contributed by atoms with Gasteiger partial charge in [0.05, 0.1) is 27.6 Å². The molecule has 1 aliphatic heterocycles. The Morgan fingerprint density at radius 2 is 2.00 bits per heavy atom. The van der Waals surface area contributed by atoms with Crippen LogP contribution < -0.4 is 4.87 Å². The highest BCUT2D eigenvalue weighted by Crippen LogP contribution is 2.25. The van der Waals surface area contributed by atoms with Gasteiger partial charge in [0.25, 0.3) is 5.69 Å². The fourth-order valence-electron chi connectivity index (χ4n) is 2.93. The van der Waals surface area contributed by atoms with Gasteiger partial charge in [0, 0.05) is 28.3 Å². The second-order valence-electron chi connectivity index (χ2n) is 6.37. The molecule has 0 radical (unpaired) electrons. The van der Waals surface area contributed by atoms with Crippen LogP contribution in [0.1, 0.15) is 16.0 Å². The van der Waals surface area contributed by atoms with Gasteiger partial charge in [-0.2, -0.15) is 5.10 Å². The van der Waals surface area contributed by atoms with Crippen LogP contribution in [0.4, 0.5) is 5.69 Å². The molecule has 0 unspecified atom stereocenters. The number of non-ortho nitro benzene ring substituents is 1. The van der Waals surface area contributed by atoms with E-state index in [1.54, 1.807) is 41.1 Å². The van der Waals surface area contributed by atoms with Crippen molar-refractivity contribution in [3.8, 4) is 0 Å². The Morgan fingerprint density at radius 1 is 1.23 bits per heavy atom. The number of thiol groups is 1. The lowest BCUT2D eigenvalue weighted by Crippen LogP contribution is -2.14. The largest absolute Gasteiger partial charge is 0.308 e. The van der Waals surface area contributed by atoms with Crippen molar-refractivity contribution in [3.05, 3.63) is 94.9 Å². The predicted molar refractivity (Wildman–Crippen MR) is 122 cm³/mol. The summed E-state index contributed by atoms with van der Waals surface area (Å²) in [5, 5.41) is 20.2. The van der Waals surface area contributed by atoms with E-state index in [-0.39, 0.29) is 10.6 Å². The SMILES string of the molecule is O=c1sc(/C=C2\C=NN=C2c2cccc([N+](=O)[O-])c2)c(S)n1Cc1ccc(Cl)cc1. The average Bonchev–Trinajstić information content (AvgIpc) is 3.30. The second kappa shape index (κ2) is 8.39. The minimum absolute atomic E-state index is 0.0323. The third-order valence-corrected chi connectivity index (χ3v) is 6.20. The number of halogens is 1. The first-order chi connectivity index (χ1) is 14.4. The molecule has 10 heteroatoms. The van der Waals surface area contributed by atoms with Crippen molar-refractivity contribution in [3.63, 3.8) is 0 Å². The van der Waals surface area contributed by atoms with Crippen molar-refractivity contribution >= 4 is 59.3 Å². The number of nitrogens with zero attached hydrogens (tertiary/aromatic N) is 4. The first-order valence-corrected chi connectivity index (χ1v) is 10.3. The Kier molecular flexibility index (Phi) is 5.67. The van der Waals surface area contributed by atoms with E-state index in [4.69, 9.17) is 11.6 Å². The number of aromatic nitrogens is 1. The minimum atomic E-state index is -0.461. The van der Waals surface area contributed by atoms with Gasteiger partial charge in [-0.1, -0.05) is 47.2 Å². The van der Waals surface area contributed by atoms with Crippen LogP contribution in [-0.2, 0) is 6.54 Å². The van der Waals surface area contributed by atoms with E-state index in [1.807, 2.05) is 12.1 Å². The zero-order chi connectivity index (χ0) is 21.3. The summed E-state index contributed by atoms with van der Waals surface area (Å²) in [4.78, 5) is 23.6. The normalized spacial score (nSPS) is 14.3. The second-order valence-corrected chi connectivity index (χ2v) is 8.22. The maximum atomic E-state index is 12.5. The van der Waals surface area contributed by atoms with E-state index >= 15 is 0 Å². The van der Waals surface area contributed by atoms with Gasteiger partial charge in [-0.3, -0.25) is 19.5 Å². The highest BCUT2D eigenvalue weighted by atomic mass is 35.5. The lowest BCUT2D eigenvalue weighted by molar-refractivity contribution is -0.384. The summed E-state index contributed by atoms with van der Waals surface area (Å²) in [5.74, 6) is 0. The fraction of sp³-hybridized carbons (Fsp3) is 0.0500. The molecule has 0 fully saturated rings. The molecule has 0 N–H and O–H groups in total. The molecule has 1 aromatic heterocycles. The molecule has 3 aromatic rings. The van der Waals surface area contributed by atoms with Crippen LogP contribution >= 0.6 is 35.6 Å². The average molecular weight is 457 g/mol. The lowest BCUT2D eigenvalue weighted by atomic mass is 10.0. The molecule has 0 saturated heterocycles. The fourth-order valence-corrected chi connectivity index (χ4v) is 4.32. The van der Waals surface area contributed by atoms with Crippen LogP contribution in [0.15, 0.2) is 74.1 Å². The van der Waals surface area contributed by atoms with Gasteiger partial charge in [0.15, 0.2) is 0 Å². The van der Waals surface area contributed by atoms with Crippen LogP contribution in [-0.4, -0.2) is 21.4 Å². The van der Waals surface area contributed by atoms with Gasteiger partial charge in [-0.05, 0) is 23.8 Å². The number of nitro groups is 1. The summed E-state index contributed by atoms with van der Waals surface area (Å²) in [6.07, 6.45) is 3.32. The number of rotatable bonds is 5. The monoisotopic (exact) mass is 456 g/mol. The molecule has 2 heterocycles. The van der Waals surface area contributed by atoms with Gasteiger partial charge in [0.1, 0.15) is 5.71 Å². The molecule has 0 saturated carbocycles. The van der Waals surface area contributed by atoms with E-state index in [1.165, 1.54) is 12.1 Å². The van der Waals surface area contributed by atoms with Crippen molar-refractivity contribution in [1.29, 1.82) is 0 Å². The minimum Gasteiger partial charge on any atom is -0.289 e. The summed E-state index contributed by atoms with van der Waals surface area (Å²) in [6, 6.07) is 13.4. The van der Waals surface area contributed by atoms with Crippen LogP contribution in [0.5, 0.6) is 0 Å². The Bertz CT molecular complexity index is 1290. The molecule has 0 spiro atoms. The van der Waals surface area contributed by atoms with Gasteiger partial charge in [-0.15, -0.1) is 17.7 Å². The van der Waals surface area contributed by atoms with Gasteiger partial charge in [-0.25, -0.2) is 0 Å². The molecular weight excluding hydrogens is 444 g/mol. The molecule has 0 amide bonds. The number of hydrogen-bond donors (Lipinski definition) is 1. The standard InChI is InChI=1S/C20H13ClN4O3S2/c21-15-6-4-12(5-7-15)11-24-19(29)17(30-20(24)26)9-14-10-22-23-18(14)13-2-1-3-16(8-13)25(27)28/h1-10,29H,11H2/b14-9+. The topological polar surface area (TPSA) is 89.9 Å². The summed E-state index contributed by atoms with van der Waals surface area (Å²) in [6.45, 7) is 0.369. The van der Waals surface area contributed by atoms with Crippen LogP contribution in [0.2, 0.25) is 5.02 Å². The Morgan fingerprint density at radius 3 is 2.73 bits per heavy atom. The van der Waals surface area contributed by atoms with E-state index in [0.29, 0.717) is 38.3 Å². The highest BCUT2D eigenvalue weighted by Gasteiger charge is 2.18. The lowest BCUT2D eigenvalue weighted by Gasteiger charge is -2.05. The molecule has 0 atom stereocenters. The van der Waals surface area contributed by atoms with Gasteiger partial charge >= 0.3 is 4.87 Å². The van der Waals surface area contributed by atoms with Crippen molar-refractivity contribution < 1.29 is 4.92 Å². The molecule has 7 nitrogen and oxygen atoms in total. The Balaban J connectivity index is 1.66. The van der Waals surface area contributed by atoms with Crippen LogP contribution in [0, 0.1) is 10.1 Å². The van der Waals surface area contributed by atoms with Crippen LogP contribution in [0.3, 0.4) is 0 Å². The molecule has 4 rings (SSSR count). The molecule has 2 aromatic carbocycles. The van der Waals surface area contributed by atoms with Crippen molar-refractivity contribution in [2.45, 2.75) is 11.6 Å². The molecule has 0 aliphatic carbocycles.